The number of rotatable bonds is 4. The molecule has 1 aromatic carbocycles. The first-order valence-electron chi connectivity index (χ1n) is 5.24. The fourth-order valence-corrected chi connectivity index (χ4v) is 1.27. The van der Waals surface area contributed by atoms with Crippen molar-refractivity contribution in [1.82, 2.24) is 10.4 Å². The number of hydrogen-bond acceptors (Lipinski definition) is 3. The summed E-state index contributed by atoms with van der Waals surface area (Å²) < 4.78 is 0. The van der Waals surface area contributed by atoms with Crippen molar-refractivity contribution < 1.29 is 9.90 Å². The Labute approximate surface area is 101 Å². The molecule has 0 unspecified atom stereocenters. The number of amides is 2. The van der Waals surface area contributed by atoms with Crippen LogP contribution in [0.2, 0.25) is 0 Å². The summed E-state index contributed by atoms with van der Waals surface area (Å²) in [6.45, 7) is -0.00122. The SMILES string of the molecule is CN(C)NC(=O)Nc1cccc(C=CCO)c1. The van der Waals surface area contributed by atoms with Crippen molar-refractivity contribution in [3.8, 4) is 0 Å². The minimum absolute atomic E-state index is 0.00122. The van der Waals surface area contributed by atoms with Crippen LogP contribution in [0.3, 0.4) is 0 Å². The van der Waals surface area contributed by atoms with Crippen LogP contribution in [0, 0.1) is 0 Å². The van der Waals surface area contributed by atoms with Gasteiger partial charge in [0.15, 0.2) is 0 Å². The molecule has 0 radical (unpaired) electrons. The third kappa shape index (κ3) is 5.14. The van der Waals surface area contributed by atoms with Crippen LogP contribution in [0.5, 0.6) is 0 Å². The minimum Gasteiger partial charge on any atom is -0.392 e. The topological polar surface area (TPSA) is 64.6 Å². The van der Waals surface area contributed by atoms with E-state index in [9.17, 15) is 4.79 Å². The first kappa shape index (κ1) is 13.2. The van der Waals surface area contributed by atoms with E-state index >= 15 is 0 Å². The number of nitrogens with zero attached hydrogens (tertiary/aromatic N) is 1. The van der Waals surface area contributed by atoms with Crippen LogP contribution < -0.4 is 10.7 Å². The first-order valence-corrected chi connectivity index (χ1v) is 5.24. The molecule has 0 spiro atoms. The summed E-state index contributed by atoms with van der Waals surface area (Å²) in [7, 11) is 3.47. The van der Waals surface area contributed by atoms with Gasteiger partial charge in [-0.1, -0.05) is 24.3 Å². The van der Waals surface area contributed by atoms with E-state index in [2.05, 4.69) is 10.7 Å². The number of urea groups is 1. The van der Waals surface area contributed by atoms with E-state index in [1.807, 2.05) is 18.2 Å². The Morgan fingerprint density at radius 2 is 2.24 bits per heavy atom. The molecule has 0 atom stereocenters. The second-order valence-electron chi connectivity index (χ2n) is 3.67. The van der Waals surface area contributed by atoms with Gasteiger partial charge in [0, 0.05) is 19.8 Å². The molecule has 1 rings (SSSR count). The summed E-state index contributed by atoms with van der Waals surface area (Å²) in [6, 6.07) is 7.05. The third-order valence-corrected chi connectivity index (χ3v) is 1.89. The molecule has 0 aliphatic carbocycles. The average molecular weight is 235 g/mol. The number of nitrogens with one attached hydrogen (secondary N) is 2. The summed E-state index contributed by atoms with van der Waals surface area (Å²) in [5.74, 6) is 0. The molecule has 3 N–H and O–H groups in total. The molecular weight excluding hydrogens is 218 g/mol. The highest BCUT2D eigenvalue weighted by atomic mass is 16.2. The molecule has 2 amide bonds. The zero-order valence-electron chi connectivity index (χ0n) is 9.97. The normalized spacial score (nSPS) is 10.8. The van der Waals surface area contributed by atoms with Gasteiger partial charge in [0.25, 0.3) is 0 Å². The van der Waals surface area contributed by atoms with Crippen LogP contribution in [-0.2, 0) is 0 Å². The number of hydrogen-bond donors (Lipinski definition) is 3. The zero-order chi connectivity index (χ0) is 12.7. The van der Waals surface area contributed by atoms with Crippen LogP contribution in [0.25, 0.3) is 6.08 Å². The fourth-order valence-electron chi connectivity index (χ4n) is 1.27. The maximum atomic E-state index is 11.4. The number of carbonyl (C=O) groups excluding carboxylic acids is 1. The number of benzene rings is 1. The van der Waals surface area contributed by atoms with Crippen molar-refractivity contribution in [2.24, 2.45) is 0 Å². The van der Waals surface area contributed by atoms with E-state index in [1.54, 1.807) is 37.3 Å². The highest BCUT2D eigenvalue weighted by molar-refractivity contribution is 5.89. The van der Waals surface area contributed by atoms with Gasteiger partial charge in [-0.2, -0.15) is 0 Å². The highest BCUT2D eigenvalue weighted by Crippen LogP contribution is 2.11. The van der Waals surface area contributed by atoms with Crippen LogP contribution >= 0.6 is 0 Å². The molecule has 17 heavy (non-hydrogen) atoms. The lowest BCUT2D eigenvalue weighted by Gasteiger charge is -2.12. The summed E-state index contributed by atoms with van der Waals surface area (Å²) >= 11 is 0. The lowest BCUT2D eigenvalue weighted by atomic mass is 10.2. The Morgan fingerprint density at radius 3 is 2.88 bits per heavy atom. The number of carbonyl (C=O) groups is 1. The Morgan fingerprint density at radius 1 is 1.47 bits per heavy atom. The average Bonchev–Trinajstić information content (AvgIpc) is 2.25. The lowest BCUT2D eigenvalue weighted by Crippen LogP contribution is -2.39. The third-order valence-electron chi connectivity index (χ3n) is 1.89. The van der Waals surface area contributed by atoms with Gasteiger partial charge in [-0.3, -0.25) is 5.43 Å². The molecule has 0 heterocycles. The van der Waals surface area contributed by atoms with Gasteiger partial charge in [-0.05, 0) is 17.7 Å². The van der Waals surface area contributed by atoms with Crippen LogP contribution in [0.4, 0.5) is 10.5 Å². The molecule has 0 saturated heterocycles. The van der Waals surface area contributed by atoms with Crippen LogP contribution in [0.1, 0.15) is 5.56 Å². The molecule has 92 valence electrons. The van der Waals surface area contributed by atoms with Gasteiger partial charge in [0.2, 0.25) is 0 Å². The summed E-state index contributed by atoms with van der Waals surface area (Å²) in [6.07, 6.45) is 3.42. The first-order chi connectivity index (χ1) is 8.11. The molecular formula is C12H17N3O2. The molecule has 0 fully saturated rings. The van der Waals surface area contributed by atoms with Crippen molar-refractivity contribution in [3.05, 3.63) is 35.9 Å². The molecule has 0 aliphatic heterocycles. The van der Waals surface area contributed by atoms with Gasteiger partial charge in [-0.25, -0.2) is 9.80 Å². The van der Waals surface area contributed by atoms with E-state index in [4.69, 9.17) is 5.11 Å². The van der Waals surface area contributed by atoms with Gasteiger partial charge >= 0.3 is 6.03 Å². The quantitative estimate of drug-likeness (QED) is 0.689. The number of anilines is 1. The van der Waals surface area contributed by atoms with E-state index in [0.717, 1.165) is 5.56 Å². The summed E-state index contributed by atoms with van der Waals surface area (Å²) in [4.78, 5) is 11.4. The molecule has 0 saturated carbocycles. The van der Waals surface area contributed by atoms with Crippen molar-refractivity contribution in [2.75, 3.05) is 26.0 Å². The standard InChI is InChI=1S/C12H17N3O2/c1-15(2)14-12(17)13-11-7-3-5-10(9-11)6-4-8-16/h3-7,9,16H,8H2,1-2H3,(H2,13,14,17). The number of aliphatic hydroxyl groups excluding tert-OH is 1. The van der Waals surface area contributed by atoms with Gasteiger partial charge in [-0.15, -0.1) is 0 Å². The van der Waals surface area contributed by atoms with E-state index < -0.39 is 0 Å². The second kappa shape index (κ2) is 6.67. The number of aliphatic hydroxyl groups is 1. The molecule has 1 aromatic rings. The van der Waals surface area contributed by atoms with E-state index in [1.165, 1.54) is 0 Å². The maximum absolute atomic E-state index is 11.4. The molecule has 5 nitrogen and oxygen atoms in total. The number of hydrazine groups is 1. The predicted molar refractivity (Wildman–Crippen MR) is 68.4 cm³/mol. The van der Waals surface area contributed by atoms with E-state index in [-0.39, 0.29) is 12.6 Å². The van der Waals surface area contributed by atoms with E-state index in [0.29, 0.717) is 5.69 Å². The van der Waals surface area contributed by atoms with Crippen molar-refractivity contribution in [2.45, 2.75) is 0 Å². The van der Waals surface area contributed by atoms with Crippen LogP contribution in [-0.4, -0.2) is 36.8 Å². The van der Waals surface area contributed by atoms with Crippen molar-refractivity contribution in [1.29, 1.82) is 0 Å². The summed E-state index contributed by atoms with van der Waals surface area (Å²) in [5.41, 5.74) is 4.20. The highest BCUT2D eigenvalue weighted by Gasteiger charge is 2.01. The largest absolute Gasteiger partial charge is 0.392 e. The minimum atomic E-state index is -0.293. The Hall–Kier alpha value is -1.85. The Balaban J connectivity index is 2.65. The smallest absolute Gasteiger partial charge is 0.333 e. The molecule has 5 heteroatoms. The summed E-state index contributed by atoms with van der Waals surface area (Å²) in [5, 5.41) is 12.9. The lowest BCUT2D eigenvalue weighted by molar-refractivity contribution is 0.224. The fraction of sp³-hybridized carbons (Fsp3) is 0.250. The monoisotopic (exact) mass is 235 g/mol. The van der Waals surface area contributed by atoms with Crippen molar-refractivity contribution in [3.63, 3.8) is 0 Å². The van der Waals surface area contributed by atoms with Gasteiger partial charge < -0.3 is 10.4 Å². The van der Waals surface area contributed by atoms with Crippen molar-refractivity contribution >= 4 is 17.8 Å². The zero-order valence-corrected chi connectivity index (χ0v) is 9.97. The predicted octanol–water partition coefficient (Wildman–Crippen LogP) is 1.29. The Kier molecular flexibility index (Phi) is 5.19. The maximum Gasteiger partial charge on any atom is 0.333 e. The second-order valence-corrected chi connectivity index (χ2v) is 3.67. The molecule has 0 aromatic heterocycles. The van der Waals surface area contributed by atoms with Gasteiger partial charge in [0.1, 0.15) is 0 Å². The Bertz CT molecular complexity index is 402. The van der Waals surface area contributed by atoms with Crippen LogP contribution in [0.15, 0.2) is 30.3 Å². The molecule has 0 bridgehead atoms. The molecule has 0 aliphatic rings. The van der Waals surface area contributed by atoms with Gasteiger partial charge in [0.05, 0.1) is 6.61 Å².